The highest BCUT2D eigenvalue weighted by Crippen LogP contribution is 2.26. The number of hydrogen-bond donors (Lipinski definition) is 1. The van der Waals surface area contributed by atoms with Crippen molar-refractivity contribution in [1.82, 2.24) is 20.0 Å². The van der Waals surface area contributed by atoms with E-state index < -0.39 is 29.5 Å². The monoisotopic (exact) mass is 744 g/mol. The van der Waals surface area contributed by atoms with Gasteiger partial charge < -0.3 is 34.2 Å². The lowest BCUT2D eigenvalue weighted by atomic mass is 9.95. The summed E-state index contributed by atoms with van der Waals surface area (Å²) >= 11 is 0. The fourth-order valence-electron chi connectivity index (χ4n) is 6.64. The first-order valence-electron chi connectivity index (χ1n) is 19.2. The van der Waals surface area contributed by atoms with Crippen LogP contribution in [0.3, 0.4) is 0 Å². The fraction of sp³-hybridized carbons (Fsp3) is 0.535. The molecular weight excluding hydrogens is 684 g/mol. The van der Waals surface area contributed by atoms with Crippen molar-refractivity contribution in [3.05, 3.63) is 83.9 Å². The van der Waals surface area contributed by atoms with E-state index in [1.165, 1.54) is 0 Å². The Labute approximate surface area is 321 Å². The minimum Gasteiger partial charge on any atom is -0.445 e. The summed E-state index contributed by atoms with van der Waals surface area (Å²) in [6, 6.07) is 23.3. The minimum absolute atomic E-state index is 0.0156. The van der Waals surface area contributed by atoms with Crippen LogP contribution in [0, 0.1) is 5.92 Å². The van der Waals surface area contributed by atoms with Gasteiger partial charge in [-0.25, -0.2) is 14.4 Å². The molecule has 54 heavy (non-hydrogen) atoms. The van der Waals surface area contributed by atoms with E-state index in [1.807, 2.05) is 59.5 Å². The maximum atomic E-state index is 14.2. The van der Waals surface area contributed by atoms with Crippen LogP contribution < -0.4 is 5.32 Å². The van der Waals surface area contributed by atoms with Crippen molar-refractivity contribution >= 4 is 35.0 Å². The van der Waals surface area contributed by atoms with E-state index in [9.17, 15) is 19.2 Å². The molecule has 1 heterocycles. The van der Waals surface area contributed by atoms with Crippen LogP contribution >= 0.6 is 0 Å². The normalized spacial score (nSPS) is 16.2. The Kier molecular flexibility index (Phi) is 14.8. The van der Waals surface area contributed by atoms with Gasteiger partial charge in [0.15, 0.2) is 0 Å². The molecule has 0 spiro atoms. The number of carbonyl (C=O) groups is 4. The van der Waals surface area contributed by atoms with E-state index in [0.29, 0.717) is 38.4 Å². The van der Waals surface area contributed by atoms with E-state index >= 15 is 0 Å². The summed E-state index contributed by atoms with van der Waals surface area (Å²) < 4.78 is 16.9. The van der Waals surface area contributed by atoms with Gasteiger partial charge in [0.05, 0.1) is 12.5 Å². The van der Waals surface area contributed by atoms with Gasteiger partial charge in [-0.1, -0.05) is 86.6 Å². The average molecular weight is 745 g/mol. The van der Waals surface area contributed by atoms with Crippen molar-refractivity contribution in [1.29, 1.82) is 0 Å². The summed E-state index contributed by atoms with van der Waals surface area (Å²) in [5.41, 5.74) is 0.463. The third-order valence-electron chi connectivity index (χ3n) is 9.04. The first-order chi connectivity index (χ1) is 25.5. The smallest absolute Gasteiger partial charge is 0.410 e. The third kappa shape index (κ3) is 13.6. The number of nitrogens with one attached hydrogen (secondary N) is 1. The number of hydrogen-bond acceptors (Lipinski definition) is 7. The van der Waals surface area contributed by atoms with Gasteiger partial charge in [0.1, 0.15) is 17.8 Å². The summed E-state index contributed by atoms with van der Waals surface area (Å²) in [6.45, 7) is 16.5. The number of rotatable bonds is 13. The second kappa shape index (κ2) is 19.0. The summed E-state index contributed by atoms with van der Waals surface area (Å²) in [5.74, 6) is 0.309. The number of benzene rings is 3. The molecule has 0 bridgehead atoms. The van der Waals surface area contributed by atoms with Crippen LogP contribution in [0.1, 0.15) is 85.8 Å². The van der Waals surface area contributed by atoms with Gasteiger partial charge in [-0.3, -0.25) is 4.79 Å². The van der Waals surface area contributed by atoms with Crippen LogP contribution in [0.5, 0.6) is 0 Å². The van der Waals surface area contributed by atoms with Crippen molar-refractivity contribution in [3.63, 3.8) is 0 Å². The number of alkyl carbamates (subject to hydrolysis) is 1. The number of amides is 4. The molecule has 11 heteroatoms. The molecule has 1 N–H and O–H groups in total. The third-order valence-corrected chi connectivity index (χ3v) is 9.04. The molecule has 1 saturated heterocycles. The van der Waals surface area contributed by atoms with Gasteiger partial charge in [-0.2, -0.15) is 0 Å². The molecule has 0 unspecified atom stereocenters. The van der Waals surface area contributed by atoms with Gasteiger partial charge in [0.25, 0.3) is 0 Å². The summed E-state index contributed by atoms with van der Waals surface area (Å²) in [5, 5.41) is 4.93. The molecule has 4 amide bonds. The van der Waals surface area contributed by atoms with Crippen molar-refractivity contribution in [2.24, 2.45) is 5.92 Å². The van der Waals surface area contributed by atoms with Crippen molar-refractivity contribution in [2.45, 2.75) is 111 Å². The number of piperazine rings is 1. The van der Waals surface area contributed by atoms with E-state index in [-0.39, 0.29) is 44.1 Å². The molecule has 294 valence electrons. The van der Waals surface area contributed by atoms with Gasteiger partial charge in [-0.15, -0.1) is 0 Å². The van der Waals surface area contributed by atoms with Crippen LogP contribution in [0.25, 0.3) is 10.8 Å². The summed E-state index contributed by atoms with van der Waals surface area (Å²) in [6.07, 6.45) is 0.513. The van der Waals surface area contributed by atoms with Crippen molar-refractivity contribution in [2.75, 3.05) is 32.7 Å². The van der Waals surface area contributed by atoms with Crippen molar-refractivity contribution < 1.29 is 33.4 Å². The van der Waals surface area contributed by atoms with Crippen LogP contribution in [-0.2, 0) is 32.0 Å². The highest BCUT2D eigenvalue weighted by atomic mass is 16.6. The lowest BCUT2D eigenvalue weighted by molar-refractivity contribution is -0.137. The Morgan fingerprint density at radius 1 is 0.778 bits per heavy atom. The second-order valence-corrected chi connectivity index (χ2v) is 16.6. The maximum absolute atomic E-state index is 14.2. The van der Waals surface area contributed by atoms with E-state index in [1.54, 1.807) is 51.3 Å². The van der Waals surface area contributed by atoms with Gasteiger partial charge >= 0.3 is 18.3 Å². The molecule has 1 fully saturated rings. The predicted molar refractivity (Wildman–Crippen MR) is 211 cm³/mol. The Morgan fingerprint density at radius 2 is 1.43 bits per heavy atom. The molecule has 0 aromatic heterocycles. The number of carbonyl (C=O) groups excluding carboxylic acids is 4. The SMILES string of the molecule is CC(C)C[C@@H]1CN(C(=O)OCc2ccccc2)[C@H](CCCN(CCNC(=O)OC(C)(C)C)C(=O)OC(C)(C)C)CN1C(=O)Cc1ccc2ccccc2c1. The fourth-order valence-corrected chi connectivity index (χ4v) is 6.64. The largest absolute Gasteiger partial charge is 0.445 e. The molecule has 0 radical (unpaired) electrons. The van der Waals surface area contributed by atoms with Gasteiger partial charge in [0, 0.05) is 38.8 Å². The minimum atomic E-state index is -0.714. The predicted octanol–water partition coefficient (Wildman–Crippen LogP) is 8.19. The molecule has 0 aliphatic carbocycles. The Hall–Kier alpha value is -4.80. The highest BCUT2D eigenvalue weighted by Gasteiger charge is 2.39. The Morgan fingerprint density at radius 3 is 2.09 bits per heavy atom. The van der Waals surface area contributed by atoms with E-state index in [0.717, 1.165) is 28.3 Å². The lowest BCUT2D eigenvalue weighted by Gasteiger charge is -2.46. The summed E-state index contributed by atoms with van der Waals surface area (Å²) in [4.78, 5) is 58.9. The van der Waals surface area contributed by atoms with E-state index in [4.69, 9.17) is 14.2 Å². The Bertz CT molecular complexity index is 1700. The number of fused-ring (bicyclic) bond motifs is 1. The molecule has 0 saturated carbocycles. The summed E-state index contributed by atoms with van der Waals surface area (Å²) in [7, 11) is 0. The standard InChI is InChI=1S/C43H60N4O7/c1-31(2)25-37-29-47(41(51)52-30-32-15-10-9-11-16-32)36(28-46(37)38(48)27-33-20-21-34-17-12-13-18-35(34)26-33)19-14-23-45(40(50)54-43(6,7)8)24-22-44-39(49)53-42(3,4)5/h9-13,15-18,20-21,26,31,36-37H,14,19,22-25,27-30H2,1-8H3,(H,44,49)/t36-,37-/m1/s1. The molecule has 3 aromatic carbocycles. The van der Waals surface area contributed by atoms with Gasteiger partial charge in [-0.05, 0) is 88.6 Å². The molecular formula is C43H60N4O7. The zero-order valence-electron chi connectivity index (χ0n) is 33.4. The van der Waals surface area contributed by atoms with Gasteiger partial charge in [0.2, 0.25) is 5.91 Å². The van der Waals surface area contributed by atoms with E-state index in [2.05, 4.69) is 37.4 Å². The molecule has 1 aliphatic rings. The lowest BCUT2D eigenvalue weighted by Crippen LogP contribution is -2.62. The average Bonchev–Trinajstić information content (AvgIpc) is 3.08. The van der Waals surface area contributed by atoms with Crippen molar-refractivity contribution in [3.8, 4) is 0 Å². The molecule has 2 atom stereocenters. The zero-order chi connectivity index (χ0) is 39.5. The topological polar surface area (TPSA) is 118 Å². The molecule has 11 nitrogen and oxygen atoms in total. The highest BCUT2D eigenvalue weighted by molar-refractivity contribution is 5.85. The molecule has 3 aromatic rings. The first-order valence-corrected chi connectivity index (χ1v) is 19.2. The van der Waals surface area contributed by atoms with Crippen LogP contribution in [-0.4, -0.2) is 94.9 Å². The number of ether oxygens (including phenoxy) is 3. The second-order valence-electron chi connectivity index (χ2n) is 16.6. The molecule has 4 rings (SSSR count). The quantitative estimate of drug-likeness (QED) is 0.176. The zero-order valence-corrected chi connectivity index (χ0v) is 33.4. The van der Waals surface area contributed by atoms with Crippen LogP contribution in [0.2, 0.25) is 0 Å². The first kappa shape index (κ1) is 41.9. The molecule has 1 aliphatic heterocycles. The van der Waals surface area contributed by atoms with Crippen LogP contribution in [0.15, 0.2) is 72.8 Å². The van der Waals surface area contributed by atoms with Crippen LogP contribution in [0.4, 0.5) is 14.4 Å². The maximum Gasteiger partial charge on any atom is 0.410 e. The Balaban J connectivity index is 1.52. The number of nitrogens with zero attached hydrogens (tertiary/aromatic N) is 3.